The number of aryl methyl sites for hydroxylation is 2. The number of halogens is 1. The molecule has 0 bridgehead atoms. The number of fused-ring (bicyclic) bond motifs is 3. The largest absolute Gasteiger partial charge is 0.500 e. The SMILES string of the molecule is [2H]C([2H])([2H])c1c[c-]c(-c2cc[c]([Ge]([CH3])([CH3])[CH3])cn2)cc1.[2H]C([2H])([2H])c1cccc(-c2ccc3c(c2)oc2c(-c4cc(C([2H])(C)C)ccn4)[c-]cc(F)c23)c1.[Ir]. The Hall–Kier alpha value is -3.90. The van der Waals surface area contributed by atoms with Crippen molar-refractivity contribution in [3.63, 3.8) is 0 Å². The quantitative estimate of drug-likeness (QED) is 0.128. The van der Waals surface area contributed by atoms with Gasteiger partial charge in [0.05, 0.1) is 5.58 Å². The average Bonchev–Trinajstić information content (AvgIpc) is 3.51. The molecule has 0 amide bonds. The molecule has 4 aromatic carbocycles. The first-order valence-corrected chi connectivity index (χ1v) is 22.7. The van der Waals surface area contributed by atoms with Gasteiger partial charge >= 0.3 is 110 Å². The van der Waals surface area contributed by atoms with Crippen LogP contribution in [0.5, 0.6) is 0 Å². The molecule has 245 valence electrons. The molecule has 3 aromatic heterocycles. The van der Waals surface area contributed by atoms with Gasteiger partial charge in [0.2, 0.25) is 0 Å². The van der Waals surface area contributed by atoms with E-state index in [2.05, 4.69) is 45.4 Å². The van der Waals surface area contributed by atoms with Gasteiger partial charge in [-0.1, -0.05) is 73.0 Å². The summed E-state index contributed by atoms with van der Waals surface area (Å²) in [5, 5.41) is 0.944. The van der Waals surface area contributed by atoms with Crippen molar-refractivity contribution < 1.29 is 38.5 Å². The van der Waals surface area contributed by atoms with Crippen LogP contribution in [0.2, 0.25) is 17.3 Å². The first-order valence-electron chi connectivity index (χ1n) is 18.8. The monoisotopic (exact) mass is 880 g/mol. The van der Waals surface area contributed by atoms with Gasteiger partial charge in [0, 0.05) is 43.0 Å². The molecule has 0 aliphatic carbocycles. The fraction of sp³-hybridized carbons (Fsp3) is 0.190. The smallest absolute Gasteiger partial charge is 0.121 e. The van der Waals surface area contributed by atoms with E-state index < -0.39 is 38.7 Å². The standard InChI is InChI=1S/C27H21FNO.C15H18GeN.Ir/c1-16(2)18-11-12-29-24(14-18)21-9-10-23(28)26-22-8-7-20(15-25(22)30-27(21)26)19-6-4-5-17(3)13-19;1-12-5-7-13(8-6-12)15-10-9-14(11-17-15)16(2,3)4;/h4-8,10-16H,1-3H3;5-7,9-11H,1-4H3;/q2*-1;/i3D3,16D;1D3;. The summed E-state index contributed by atoms with van der Waals surface area (Å²) in [7, 11) is 0. The zero-order valence-electron chi connectivity index (χ0n) is 34.3. The van der Waals surface area contributed by atoms with E-state index in [4.69, 9.17) is 14.0 Å². The van der Waals surface area contributed by atoms with Gasteiger partial charge in [-0.3, -0.25) is 4.39 Å². The van der Waals surface area contributed by atoms with E-state index in [1.54, 1.807) is 74.6 Å². The van der Waals surface area contributed by atoms with E-state index in [-0.39, 0.29) is 25.7 Å². The van der Waals surface area contributed by atoms with Gasteiger partial charge in [-0.15, -0.1) is 12.1 Å². The Balaban J connectivity index is 0.000000237. The normalized spacial score (nSPS) is 14.2. The van der Waals surface area contributed by atoms with E-state index in [9.17, 15) is 4.39 Å². The maximum Gasteiger partial charge on any atom is 0.121 e. The molecule has 0 saturated heterocycles. The van der Waals surface area contributed by atoms with Crippen molar-refractivity contribution in [3.8, 4) is 33.6 Å². The van der Waals surface area contributed by atoms with Gasteiger partial charge < -0.3 is 9.40 Å². The van der Waals surface area contributed by atoms with E-state index in [1.807, 2.05) is 24.4 Å². The van der Waals surface area contributed by atoms with Crippen LogP contribution in [-0.4, -0.2) is 23.2 Å². The Bertz CT molecular complexity index is 2390. The summed E-state index contributed by atoms with van der Waals surface area (Å²) in [4.78, 5) is 8.90. The topological polar surface area (TPSA) is 38.9 Å². The van der Waals surface area contributed by atoms with Crippen molar-refractivity contribution in [3.05, 3.63) is 138 Å². The number of benzene rings is 4. The maximum absolute atomic E-state index is 14.9. The molecular weight excluding hydrogens is 832 g/mol. The summed E-state index contributed by atoms with van der Waals surface area (Å²) in [5.41, 5.74) is 6.36. The molecule has 3 heterocycles. The molecule has 6 heteroatoms. The van der Waals surface area contributed by atoms with Crippen molar-refractivity contribution in [1.82, 2.24) is 9.97 Å². The predicted molar refractivity (Wildman–Crippen MR) is 196 cm³/mol. The van der Waals surface area contributed by atoms with E-state index in [0.717, 1.165) is 27.9 Å². The molecule has 1 radical (unpaired) electrons. The number of furan rings is 1. The molecule has 0 spiro atoms. The van der Waals surface area contributed by atoms with Gasteiger partial charge in [-0.25, -0.2) is 0 Å². The summed E-state index contributed by atoms with van der Waals surface area (Å²) in [6.45, 7) is -0.700. The third-order valence-corrected chi connectivity index (χ3v) is 12.3. The van der Waals surface area contributed by atoms with Crippen LogP contribution in [0.3, 0.4) is 0 Å². The molecule has 3 nitrogen and oxygen atoms in total. The Morgan fingerprint density at radius 3 is 2.33 bits per heavy atom. The van der Waals surface area contributed by atoms with Crippen molar-refractivity contribution in [2.45, 2.75) is 50.7 Å². The van der Waals surface area contributed by atoms with E-state index in [0.29, 0.717) is 38.8 Å². The number of pyridine rings is 2. The van der Waals surface area contributed by atoms with E-state index >= 15 is 0 Å². The minimum atomic E-state index is -2.21. The Morgan fingerprint density at radius 1 is 0.833 bits per heavy atom. The van der Waals surface area contributed by atoms with Crippen molar-refractivity contribution >= 4 is 39.6 Å². The summed E-state index contributed by atoms with van der Waals surface area (Å²) in [6, 6.07) is 32.0. The number of hydrogen-bond donors (Lipinski definition) is 0. The van der Waals surface area contributed by atoms with E-state index in [1.165, 1.54) is 16.5 Å². The Kier molecular flexibility index (Phi) is 8.26. The predicted octanol–water partition coefficient (Wildman–Crippen LogP) is 11.1. The minimum Gasteiger partial charge on any atom is -0.500 e. The third kappa shape index (κ3) is 7.70. The van der Waals surface area contributed by atoms with Crippen LogP contribution < -0.4 is 4.40 Å². The number of nitrogens with zero attached hydrogens (tertiary/aromatic N) is 2. The molecule has 0 atom stereocenters. The second kappa shape index (κ2) is 14.7. The van der Waals surface area contributed by atoms with Gasteiger partial charge in [0.15, 0.2) is 0 Å². The van der Waals surface area contributed by atoms with Crippen molar-refractivity contribution in [1.29, 1.82) is 0 Å². The molecule has 7 aromatic rings. The van der Waals surface area contributed by atoms with Gasteiger partial charge in [-0.05, 0) is 47.1 Å². The molecule has 0 aliphatic rings. The average molecular weight is 879 g/mol. The molecule has 0 N–H and O–H groups in total. The van der Waals surface area contributed by atoms with Gasteiger partial charge in [0.1, 0.15) is 5.58 Å². The second-order valence-electron chi connectivity index (χ2n) is 12.7. The fourth-order valence-electron chi connectivity index (χ4n) is 5.31. The van der Waals surface area contributed by atoms with Crippen LogP contribution in [0.4, 0.5) is 4.39 Å². The van der Waals surface area contributed by atoms with Crippen molar-refractivity contribution in [2.24, 2.45) is 0 Å². The summed E-state index contributed by atoms with van der Waals surface area (Å²) >= 11 is -1.83. The maximum atomic E-state index is 14.9. The number of hydrogen-bond acceptors (Lipinski definition) is 3. The van der Waals surface area contributed by atoms with Crippen LogP contribution in [0.15, 0.2) is 108 Å². The minimum absolute atomic E-state index is 0. The van der Waals surface area contributed by atoms with Crippen LogP contribution >= 0.6 is 0 Å². The number of rotatable bonds is 5. The summed E-state index contributed by atoms with van der Waals surface area (Å²) < 4.78 is 75.8. The summed E-state index contributed by atoms with van der Waals surface area (Å²) in [5.74, 6) is 5.71. The molecular formula is C42H39FGeIrN2O-2. The fourth-order valence-corrected chi connectivity index (χ4v) is 7.48. The Labute approximate surface area is 309 Å². The molecule has 48 heavy (non-hydrogen) atoms. The zero-order chi connectivity index (χ0) is 39.2. The van der Waals surface area contributed by atoms with Gasteiger partial charge in [0.25, 0.3) is 0 Å². The Morgan fingerprint density at radius 2 is 1.65 bits per heavy atom. The molecule has 0 fully saturated rings. The molecule has 0 saturated carbocycles. The van der Waals surface area contributed by atoms with Gasteiger partial charge in [-0.2, -0.15) is 0 Å². The van der Waals surface area contributed by atoms with Crippen LogP contribution in [0.1, 0.15) is 46.0 Å². The third-order valence-electron chi connectivity index (χ3n) is 8.01. The van der Waals surface area contributed by atoms with Crippen LogP contribution in [0.25, 0.3) is 55.6 Å². The first kappa shape index (κ1) is 27.0. The molecule has 7 rings (SSSR count). The molecule has 0 aliphatic heterocycles. The first-order chi connectivity index (χ1) is 25.2. The summed E-state index contributed by atoms with van der Waals surface area (Å²) in [6.07, 6.45) is 3.57. The second-order valence-corrected chi connectivity index (χ2v) is 23.4. The zero-order valence-corrected chi connectivity index (χ0v) is 31.8. The van der Waals surface area contributed by atoms with Crippen LogP contribution in [0, 0.1) is 31.7 Å². The molecule has 0 unspecified atom stereocenters. The van der Waals surface area contributed by atoms with Crippen molar-refractivity contribution in [2.75, 3.05) is 0 Å². The van der Waals surface area contributed by atoms with Crippen LogP contribution in [-0.2, 0) is 20.1 Å². The number of aromatic nitrogens is 2.